The molecular weight excluding hydrogens is 222 g/mol. The van der Waals surface area contributed by atoms with Gasteiger partial charge >= 0.3 is 12.1 Å². The van der Waals surface area contributed by atoms with Crippen LogP contribution in [0.25, 0.3) is 0 Å². The minimum atomic E-state index is -1.03. The molecule has 0 saturated carbocycles. The minimum Gasteiger partial charge on any atom is -0.480 e. The predicted octanol–water partition coefficient (Wildman–Crippen LogP) is 2.40. The molecule has 0 heterocycles. The van der Waals surface area contributed by atoms with Gasteiger partial charge in [-0.2, -0.15) is 0 Å². The second-order valence-corrected chi connectivity index (χ2v) is 5.29. The van der Waals surface area contributed by atoms with Crippen LogP contribution in [0.15, 0.2) is 0 Å². The summed E-state index contributed by atoms with van der Waals surface area (Å²) in [6, 6.07) is -0.889. The number of hydrogen-bond donors (Lipinski definition) is 2. The van der Waals surface area contributed by atoms with Gasteiger partial charge in [-0.15, -0.1) is 0 Å². The van der Waals surface area contributed by atoms with E-state index in [1.54, 1.807) is 20.8 Å². The summed E-state index contributed by atoms with van der Waals surface area (Å²) in [5, 5.41) is 11.4. The monoisotopic (exact) mass is 245 g/mol. The first-order valence-electron chi connectivity index (χ1n) is 5.88. The average molecular weight is 245 g/mol. The van der Waals surface area contributed by atoms with Gasteiger partial charge in [0.15, 0.2) is 0 Å². The lowest BCUT2D eigenvalue weighted by molar-refractivity contribution is -0.140. The average Bonchev–Trinajstić information content (AvgIpc) is 2.13. The number of carbonyl (C=O) groups excluding carboxylic acids is 1. The zero-order valence-corrected chi connectivity index (χ0v) is 11.2. The van der Waals surface area contributed by atoms with Gasteiger partial charge < -0.3 is 15.2 Å². The maximum absolute atomic E-state index is 11.4. The largest absolute Gasteiger partial charge is 0.480 e. The quantitative estimate of drug-likeness (QED) is 0.779. The summed E-state index contributed by atoms with van der Waals surface area (Å²) >= 11 is 0. The Labute approximate surface area is 103 Å². The van der Waals surface area contributed by atoms with E-state index in [-0.39, 0.29) is 5.92 Å². The molecule has 0 aliphatic carbocycles. The summed E-state index contributed by atoms with van der Waals surface area (Å²) in [6.45, 7) is 9.13. The summed E-state index contributed by atoms with van der Waals surface area (Å²) in [5.74, 6) is -0.790. The molecule has 100 valence electrons. The molecule has 0 unspecified atom stereocenters. The normalized spacial score (nSPS) is 14.9. The van der Waals surface area contributed by atoms with E-state index in [4.69, 9.17) is 9.84 Å². The third-order valence-corrected chi connectivity index (χ3v) is 2.32. The van der Waals surface area contributed by atoms with Gasteiger partial charge in [-0.3, -0.25) is 0 Å². The molecule has 0 saturated heterocycles. The highest BCUT2D eigenvalue weighted by molar-refractivity contribution is 5.79. The summed E-state index contributed by atoms with van der Waals surface area (Å²) in [7, 11) is 0. The van der Waals surface area contributed by atoms with Gasteiger partial charge in [-0.25, -0.2) is 9.59 Å². The third kappa shape index (κ3) is 7.60. The smallest absolute Gasteiger partial charge is 0.408 e. The van der Waals surface area contributed by atoms with Crippen LogP contribution in [0.5, 0.6) is 0 Å². The number of alkyl carbamates (subject to hydrolysis) is 1. The number of amides is 1. The first-order chi connectivity index (χ1) is 7.65. The molecule has 17 heavy (non-hydrogen) atoms. The summed E-state index contributed by atoms with van der Waals surface area (Å²) in [6.07, 6.45) is 0.596. The van der Waals surface area contributed by atoms with Crippen molar-refractivity contribution in [3.63, 3.8) is 0 Å². The van der Waals surface area contributed by atoms with E-state index in [9.17, 15) is 9.59 Å². The Hall–Kier alpha value is -1.26. The molecule has 2 atom stereocenters. The first-order valence-corrected chi connectivity index (χ1v) is 5.88. The van der Waals surface area contributed by atoms with E-state index >= 15 is 0 Å². The molecule has 0 spiro atoms. The number of nitrogens with one attached hydrogen (secondary N) is 1. The van der Waals surface area contributed by atoms with Crippen molar-refractivity contribution in [1.29, 1.82) is 0 Å². The highest BCUT2D eigenvalue weighted by Gasteiger charge is 2.24. The molecule has 5 nitrogen and oxygen atoms in total. The van der Waals surface area contributed by atoms with Crippen molar-refractivity contribution in [2.45, 2.75) is 59.1 Å². The summed E-state index contributed by atoms with van der Waals surface area (Å²) in [4.78, 5) is 22.4. The molecule has 1 amide bonds. The van der Waals surface area contributed by atoms with Crippen molar-refractivity contribution in [2.75, 3.05) is 0 Å². The maximum Gasteiger partial charge on any atom is 0.408 e. The van der Waals surface area contributed by atoms with E-state index in [0.717, 1.165) is 6.42 Å². The van der Waals surface area contributed by atoms with Crippen LogP contribution >= 0.6 is 0 Å². The van der Waals surface area contributed by atoms with Gasteiger partial charge in [0.25, 0.3) is 0 Å². The molecule has 5 heteroatoms. The van der Waals surface area contributed by atoms with Gasteiger partial charge in [0.1, 0.15) is 11.6 Å². The molecule has 0 aliphatic heterocycles. The Bertz CT molecular complexity index is 270. The van der Waals surface area contributed by atoms with Crippen LogP contribution in [-0.4, -0.2) is 28.8 Å². The predicted molar refractivity (Wildman–Crippen MR) is 64.9 cm³/mol. The fourth-order valence-electron chi connectivity index (χ4n) is 1.24. The van der Waals surface area contributed by atoms with Gasteiger partial charge in [-0.05, 0) is 33.1 Å². The SMILES string of the molecule is CC[C@H](C)C[C@@H](NC(=O)OC(C)(C)C)C(=O)O. The zero-order chi connectivity index (χ0) is 13.6. The van der Waals surface area contributed by atoms with Crippen LogP contribution in [0.4, 0.5) is 4.79 Å². The molecule has 0 aromatic heterocycles. The van der Waals surface area contributed by atoms with Crippen LogP contribution in [0.2, 0.25) is 0 Å². The molecular formula is C12H23NO4. The number of carboxylic acids is 1. The number of rotatable bonds is 5. The van der Waals surface area contributed by atoms with Gasteiger partial charge in [-0.1, -0.05) is 20.3 Å². The Balaban J connectivity index is 4.35. The van der Waals surface area contributed by atoms with Crippen LogP contribution in [0.1, 0.15) is 47.5 Å². The summed E-state index contributed by atoms with van der Waals surface area (Å²) < 4.78 is 5.02. The van der Waals surface area contributed by atoms with Crippen molar-refractivity contribution < 1.29 is 19.4 Å². The van der Waals surface area contributed by atoms with E-state index in [1.165, 1.54) is 0 Å². The van der Waals surface area contributed by atoms with Crippen molar-refractivity contribution in [3.8, 4) is 0 Å². The molecule has 0 rings (SSSR count). The highest BCUT2D eigenvalue weighted by Crippen LogP contribution is 2.12. The lowest BCUT2D eigenvalue weighted by atomic mass is 9.99. The maximum atomic E-state index is 11.4. The first kappa shape index (κ1) is 15.7. The Morgan fingerprint density at radius 3 is 2.24 bits per heavy atom. The number of aliphatic carboxylic acids is 1. The minimum absolute atomic E-state index is 0.242. The van der Waals surface area contributed by atoms with Crippen molar-refractivity contribution in [2.24, 2.45) is 5.92 Å². The standard InChI is InChI=1S/C12H23NO4/c1-6-8(2)7-9(10(14)15)13-11(16)17-12(3,4)5/h8-9H,6-7H2,1-5H3,(H,13,16)(H,14,15)/t8-,9+/m0/s1. The number of carboxylic acid groups (broad SMARTS) is 1. The molecule has 2 N–H and O–H groups in total. The Kier molecular flexibility index (Phi) is 5.99. The molecule has 0 aromatic rings. The Morgan fingerprint density at radius 1 is 1.35 bits per heavy atom. The second-order valence-electron chi connectivity index (χ2n) is 5.29. The Morgan fingerprint density at radius 2 is 1.88 bits per heavy atom. The van der Waals surface area contributed by atoms with Crippen LogP contribution in [0, 0.1) is 5.92 Å². The van der Waals surface area contributed by atoms with Gasteiger partial charge in [0, 0.05) is 0 Å². The van der Waals surface area contributed by atoms with Crippen molar-refractivity contribution in [3.05, 3.63) is 0 Å². The van der Waals surface area contributed by atoms with Crippen LogP contribution in [-0.2, 0) is 9.53 Å². The molecule has 0 radical (unpaired) electrons. The van der Waals surface area contributed by atoms with Crippen LogP contribution in [0.3, 0.4) is 0 Å². The zero-order valence-electron chi connectivity index (χ0n) is 11.2. The van der Waals surface area contributed by atoms with Crippen LogP contribution < -0.4 is 5.32 Å². The van der Waals surface area contributed by atoms with E-state index in [2.05, 4.69) is 5.32 Å². The molecule has 0 fully saturated rings. The number of ether oxygens (including phenoxy) is 1. The molecule has 0 aromatic carbocycles. The lowest BCUT2D eigenvalue weighted by Gasteiger charge is -2.23. The highest BCUT2D eigenvalue weighted by atomic mass is 16.6. The van der Waals surface area contributed by atoms with Crippen molar-refractivity contribution >= 4 is 12.1 Å². The van der Waals surface area contributed by atoms with Crippen molar-refractivity contribution in [1.82, 2.24) is 5.32 Å². The second kappa shape index (κ2) is 6.47. The lowest BCUT2D eigenvalue weighted by Crippen LogP contribution is -2.44. The fraction of sp³-hybridized carbons (Fsp3) is 0.833. The summed E-state index contributed by atoms with van der Waals surface area (Å²) in [5.41, 5.74) is -0.622. The fourth-order valence-corrected chi connectivity index (χ4v) is 1.24. The number of carbonyl (C=O) groups is 2. The van der Waals surface area contributed by atoms with E-state index < -0.39 is 23.7 Å². The third-order valence-electron chi connectivity index (χ3n) is 2.32. The topological polar surface area (TPSA) is 75.6 Å². The van der Waals surface area contributed by atoms with Gasteiger partial charge in [0.2, 0.25) is 0 Å². The van der Waals surface area contributed by atoms with Gasteiger partial charge in [0.05, 0.1) is 0 Å². The molecule has 0 bridgehead atoms. The van der Waals surface area contributed by atoms with E-state index in [0.29, 0.717) is 6.42 Å². The van der Waals surface area contributed by atoms with E-state index in [1.807, 2.05) is 13.8 Å². The number of hydrogen-bond acceptors (Lipinski definition) is 3. The molecule has 0 aliphatic rings.